The fourth-order valence-corrected chi connectivity index (χ4v) is 5.92. The molecule has 0 unspecified atom stereocenters. The Hall–Kier alpha value is -2.13. The summed E-state index contributed by atoms with van der Waals surface area (Å²) in [4.78, 5) is 29.0. The van der Waals surface area contributed by atoms with E-state index in [0.717, 1.165) is 23.5 Å². The van der Waals surface area contributed by atoms with E-state index in [1.54, 1.807) is 4.90 Å². The van der Waals surface area contributed by atoms with Gasteiger partial charge in [0.1, 0.15) is 18.0 Å². The zero-order chi connectivity index (χ0) is 23.9. The van der Waals surface area contributed by atoms with Crippen LogP contribution in [-0.4, -0.2) is 89.0 Å². The summed E-state index contributed by atoms with van der Waals surface area (Å²) in [6.45, 7) is 13.9. The largest absolute Gasteiger partial charge is 0.461 e. The topological polar surface area (TPSA) is 80.3 Å². The van der Waals surface area contributed by atoms with Gasteiger partial charge in [-0.25, -0.2) is 4.79 Å². The highest BCUT2D eigenvalue weighted by Gasteiger charge is 2.45. The SMILES string of the molecule is C[C@H]1CN(C(=O)OC(C)(C)C)CCN1c1nc(OCC23CCCN2CCC3)nc2c1COCC2. The fraction of sp³-hybridized carbons (Fsp3) is 0.800. The molecule has 34 heavy (non-hydrogen) atoms. The number of fused-ring (bicyclic) bond motifs is 2. The van der Waals surface area contributed by atoms with Crippen LogP contribution in [0.4, 0.5) is 10.6 Å². The summed E-state index contributed by atoms with van der Waals surface area (Å²) in [5, 5.41) is 0. The monoisotopic (exact) mass is 473 g/mol. The van der Waals surface area contributed by atoms with E-state index in [9.17, 15) is 4.79 Å². The van der Waals surface area contributed by atoms with Gasteiger partial charge < -0.3 is 24.0 Å². The molecule has 4 aliphatic rings. The van der Waals surface area contributed by atoms with E-state index in [2.05, 4.69) is 16.7 Å². The number of hydrogen-bond donors (Lipinski definition) is 0. The molecule has 9 heteroatoms. The van der Waals surface area contributed by atoms with Crippen molar-refractivity contribution in [3.63, 3.8) is 0 Å². The normalized spacial score (nSPS) is 24.6. The maximum atomic E-state index is 12.6. The van der Waals surface area contributed by atoms with E-state index < -0.39 is 5.60 Å². The molecular formula is C25H39N5O4. The predicted octanol–water partition coefficient (Wildman–Crippen LogP) is 3.00. The van der Waals surface area contributed by atoms with Gasteiger partial charge in [0.05, 0.1) is 24.4 Å². The number of rotatable bonds is 4. The fourth-order valence-electron chi connectivity index (χ4n) is 5.92. The third kappa shape index (κ3) is 4.69. The van der Waals surface area contributed by atoms with Gasteiger partial charge in [-0.2, -0.15) is 9.97 Å². The lowest BCUT2D eigenvalue weighted by atomic mass is 9.95. The summed E-state index contributed by atoms with van der Waals surface area (Å²) in [6, 6.07) is 0.569. The van der Waals surface area contributed by atoms with Crippen molar-refractivity contribution >= 4 is 11.9 Å². The van der Waals surface area contributed by atoms with Crippen molar-refractivity contribution in [1.29, 1.82) is 0 Å². The van der Waals surface area contributed by atoms with Gasteiger partial charge in [-0.15, -0.1) is 0 Å². The van der Waals surface area contributed by atoms with E-state index in [0.29, 0.717) is 45.5 Å². The molecule has 1 aromatic heterocycles. The molecule has 0 aromatic carbocycles. The van der Waals surface area contributed by atoms with Crippen LogP contribution in [0.1, 0.15) is 64.6 Å². The highest BCUT2D eigenvalue weighted by Crippen LogP contribution is 2.39. The molecule has 5 heterocycles. The standard InChI is InChI=1S/C25H39N5O4/c1-18-15-28(23(31)34-24(2,3)4)12-13-30(18)21-19-16-32-14-7-20(19)26-22(27-21)33-17-25-8-5-10-29(25)11-6-9-25/h18H,5-17H2,1-4H3/t18-/m0/s1. The lowest BCUT2D eigenvalue weighted by Crippen LogP contribution is -2.55. The van der Waals surface area contributed by atoms with Gasteiger partial charge in [0, 0.05) is 37.7 Å². The number of carbonyl (C=O) groups excluding carboxylic acids is 1. The highest BCUT2D eigenvalue weighted by molar-refractivity contribution is 5.69. The first-order valence-electron chi connectivity index (χ1n) is 12.8. The molecule has 1 aromatic rings. The smallest absolute Gasteiger partial charge is 0.410 e. The van der Waals surface area contributed by atoms with Gasteiger partial charge in [-0.1, -0.05) is 0 Å². The molecule has 3 fully saturated rings. The van der Waals surface area contributed by atoms with Crippen LogP contribution in [0.15, 0.2) is 0 Å². The van der Waals surface area contributed by atoms with Crippen LogP contribution in [0.25, 0.3) is 0 Å². The van der Waals surface area contributed by atoms with Crippen molar-refractivity contribution < 1.29 is 19.0 Å². The van der Waals surface area contributed by atoms with E-state index in [-0.39, 0.29) is 17.7 Å². The molecule has 0 spiro atoms. The molecule has 5 rings (SSSR count). The van der Waals surface area contributed by atoms with Gasteiger partial charge in [-0.3, -0.25) is 4.90 Å². The summed E-state index contributed by atoms with van der Waals surface area (Å²) < 4.78 is 17.7. The Morgan fingerprint density at radius 2 is 1.91 bits per heavy atom. The molecule has 0 bridgehead atoms. The second kappa shape index (κ2) is 9.15. The Kier molecular flexibility index (Phi) is 6.35. The van der Waals surface area contributed by atoms with Crippen molar-refractivity contribution in [1.82, 2.24) is 19.8 Å². The van der Waals surface area contributed by atoms with Gasteiger partial charge in [0.15, 0.2) is 0 Å². The summed E-state index contributed by atoms with van der Waals surface area (Å²) >= 11 is 0. The molecule has 0 radical (unpaired) electrons. The average molecular weight is 474 g/mol. The highest BCUT2D eigenvalue weighted by atomic mass is 16.6. The minimum absolute atomic E-state index is 0.0915. The van der Waals surface area contributed by atoms with E-state index >= 15 is 0 Å². The molecule has 1 amide bonds. The minimum Gasteiger partial charge on any atom is -0.461 e. The van der Waals surface area contributed by atoms with E-state index in [1.165, 1.54) is 38.8 Å². The molecular weight excluding hydrogens is 434 g/mol. The zero-order valence-electron chi connectivity index (χ0n) is 21.1. The molecule has 4 aliphatic heterocycles. The Bertz CT molecular complexity index is 907. The molecule has 0 saturated carbocycles. The van der Waals surface area contributed by atoms with Crippen LogP contribution in [0.5, 0.6) is 6.01 Å². The van der Waals surface area contributed by atoms with Gasteiger partial charge in [-0.05, 0) is 66.5 Å². The molecule has 0 aliphatic carbocycles. The quantitative estimate of drug-likeness (QED) is 0.660. The number of carbonyl (C=O) groups is 1. The maximum absolute atomic E-state index is 12.6. The first kappa shape index (κ1) is 23.6. The number of amides is 1. The summed E-state index contributed by atoms with van der Waals surface area (Å²) in [5.74, 6) is 0.892. The minimum atomic E-state index is -0.500. The lowest BCUT2D eigenvalue weighted by molar-refractivity contribution is 0.0217. The Morgan fingerprint density at radius 3 is 2.62 bits per heavy atom. The summed E-state index contributed by atoms with van der Waals surface area (Å²) in [5.41, 5.74) is 1.74. The predicted molar refractivity (Wildman–Crippen MR) is 128 cm³/mol. The molecule has 1 atom stereocenters. The second-order valence-corrected chi connectivity index (χ2v) is 11.2. The molecule has 188 valence electrons. The van der Waals surface area contributed by atoms with Crippen LogP contribution >= 0.6 is 0 Å². The molecule has 3 saturated heterocycles. The number of anilines is 1. The van der Waals surface area contributed by atoms with Crippen molar-refractivity contribution in [2.24, 2.45) is 0 Å². The van der Waals surface area contributed by atoms with Crippen molar-refractivity contribution in [2.45, 2.75) is 83.6 Å². The molecule has 9 nitrogen and oxygen atoms in total. The number of piperazine rings is 1. The average Bonchev–Trinajstić information content (AvgIpc) is 3.36. The molecule has 0 N–H and O–H groups in total. The number of ether oxygens (including phenoxy) is 3. The first-order valence-corrected chi connectivity index (χ1v) is 12.8. The van der Waals surface area contributed by atoms with Crippen LogP contribution in [0, 0.1) is 0 Å². The Labute approximate surface area is 202 Å². The Balaban J connectivity index is 1.33. The summed E-state index contributed by atoms with van der Waals surface area (Å²) in [6.07, 6.45) is 5.40. The number of hydrogen-bond acceptors (Lipinski definition) is 8. The maximum Gasteiger partial charge on any atom is 0.410 e. The number of aromatic nitrogens is 2. The zero-order valence-corrected chi connectivity index (χ0v) is 21.1. The van der Waals surface area contributed by atoms with Crippen LogP contribution in [0.3, 0.4) is 0 Å². The van der Waals surface area contributed by atoms with Gasteiger partial charge in [0.2, 0.25) is 0 Å². The second-order valence-electron chi connectivity index (χ2n) is 11.2. The third-order valence-corrected chi connectivity index (χ3v) is 7.61. The van der Waals surface area contributed by atoms with Crippen molar-refractivity contribution in [3.8, 4) is 6.01 Å². The van der Waals surface area contributed by atoms with Crippen molar-refractivity contribution in [3.05, 3.63) is 11.3 Å². The van der Waals surface area contributed by atoms with Crippen LogP contribution in [-0.2, 0) is 22.5 Å². The lowest BCUT2D eigenvalue weighted by Gasteiger charge is -2.41. The van der Waals surface area contributed by atoms with E-state index in [1.807, 2.05) is 20.8 Å². The van der Waals surface area contributed by atoms with Crippen LogP contribution in [0.2, 0.25) is 0 Å². The van der Waals surface area contributed by atoms with Gasteiger partial charge >= 0.3 is 12.1 Å². The Morgan fingerprint density at radius 1 is 1.15 bits per heavy atom. The first-order chi connectivity index (χ1) is 16.2. The van der Waals surface area contributed by atoms with Crippen LogP contribution < -0.4 is 9.64 Å². The van der Waals surface area contributed by atoms with E-state index in [4.69, 9.17) is 24.2 Å². The van der Waals surface area contributed by atoms with Gasteiger partial charge in [0.25, 0.3) is 0 Å². The summed E-state index contributed by atoms with van der Waals surface area (Å²) in [7, 11) is 0. The van der Waals surface area contributed by atoms with Crippen molar-refractivity contribution in [2.75, 3.05) is 50.8 Å². The number of nitrogens with zero attached hydrogens (tertiary/aromatic N) is 5. The third-order valence-electron chi connectivity index (χ3n) is 7.61.